The van der Waals surface area contributed by atoms with E-state index in [0.717, 1.165) is 20.7 Å². The van der Waals surface area contributed by atoms with E-state index in [1.54, 1.807) is 24.5 Å². The van der Waals surface area contributed by atoms with E-state index in [0.29, 0.717) is 12.1 Å². The molecular formula is C16H12BrN3OS. The number of hydrogen-bond acceptors (Lipinski definition) is 4. The zero-order chi connectivity index (χ0) is 15.4. The fraction of sp³-hybridized carbons (Fsp3) is 0.0625. The van der Waals surface area contributed by atoms with Crippen LogP contribution in [0.15, 0.2) is 58.6 Å². The van der Waals surface area contributed by atoms with Gasteiger partial charge in [-0.2, -0.15) is 0 Å². The zero-order valence-corrected chi connectivity index (χ0v) is 13.9. The van der Waals surface area contributed by atoms with Gasteiger partial charge in [-0.15, -0.1) is 11.3 Å². The van der Waals surface area contributed by atoms with Crippen LogP contribution in [0.25, 0.3) is 11.3 Å². The Balaban J connectivity index is 1.65. The molecular weight excluding hydrogens is 362 g/mol. The average Bonchev–Trinajstić information content (AvgIpc) is 3.02. The molecule has 2 heterocycles. The van der Waals surface area contributed by atoms with Crippen molar-refractivity contribution in [2.24, 2.45) is 0 Å². The first-order chi connectivity index (χ1) is 10.7. The van der Waals surface area contributed by atoms with Gasteiger partial charge in [-0.05, 0) is 30.3 Å². The number of halogens is 1. The normalized spacial score (nSPS) is 10.4. The molecule has 0 fully saturated rings. The van der Waals surface area contributed by atoms with Gasteiger partial charge in [0.25, 0.3) is 5.91 Å². The number of benzene rings is 1. The largest absolute Gasteiger partial charge is 0.346 e. The lowest BCUT2D eigenvalue weighted by Crippen LogP contribution is -2.22. The highest BCUT2D eigenvalue weighted by molar-refractivity contribution is 9.10. The van der Waals surface area contributed by atoms with Crippen LogP contribution in [0, 0.1) is 0 Å². The number of carbonyl (C=O) groups excluding carboxylic acids is 1. The summed E-state index contributed by atoms with van der Waals surface area (Å²) in [4.78, 5) is 20.6. The van der Waals surface area contributed by atoms with E-state index >= 15 is 0 Å². The monoisotopic (exact) mass is 373 g/mol. The van der Waals surface area contributed by atoms with Gasteiger partial charge in [0.15, 0.2) is 0 Å². The van der Waals surface area contributed by atoms with Crippen LogP contribution in [0.1, 0.15) is 15.4 Å². The topological polar surface area (TPSA) is 54.9 Å². The first kappa shape index (κ1) is 14.9. The van der Waals surface area contributed by atoms with Crippen molar-refractivity contribution in [2.75, 3.05) is 0 Å². The van der Waals surface area contributed by atoms with E-state index in [-0.39, 0.29) is 5.91 Å². The van der Waals surface area contributed by atoms with Crippen molar-refractivity contribution in [2.45, 2.75) is 6.54 Å². The highest BCUT2D eigenvalue weighted by Crippen LogP contribution is 2.21. The van der Waals surface area contributed by atoms with Gasteiger partial charge in [-0.1, -0.05) is 22.0 Å². The number of nitrogens with one attached hydrogen (secondary N) is 1. The maximum Gasteiger partial charge on any atom is 0.251 e. The third kappa shape index (κ3) is 3.58. The highest BCUT2D eigenvalue weighted by Gasteiger charge is 2.08. The average molecular weight is 374 g/mol. The van der Waals surface area contributed by atoms with Crippen molar-refractivity contribution >= 4 is 33.2 Å². The first-order valence-corrected chi connectivity index (χ1v) is 8.28. The second kappa shape index (κ2) is 6.81. The third-order valence-electron chi connectivity index (χ3n) is 3.01. The second-order valence-electron chi connectivity index (χ2n) is 4.56. The summed E-state index contributed by atoms with van der Waals surface area (Å²) in [7, 11) is 0. The molecule has 0 saturated heterocycles. The molecule has 110 valence electrons. The molecule has 0 radical (unpaired) electrons. The molecule has 0 aliphatic heterocycles. The smallest absolute Gasteiger partial charge is 0.251 e. The second-order valence-corrected chi connectivity index (χ2v) is 6.41. The van der Waals surface area contributed by atoms with Crippen molar-refractivity contribution in [1.29, 1.82) is 0 Å². The molecule has 0 bridgehead atoms. The quantitative estimate of drug-likeness (QED) is 0.754. The summed E-state index contributed by atoms with van der Waals surface area (Å²) in [5.74, 6) is -0.109. The van der Waals surface area contributed by atoms with Crippen molar-refractivity contribution in [3.63, 3.8) is 0 Å². The van der Waals surface area contributed by atoms with E-state index < -0.39 is 0 Å². The lowest BCUT2D eigenvalue weighted by molar-refractivity contribution is 0.0951. The number of nitrogens with zero attached hydrogens (tertiary/aromatic N) is 2. The molecule has 0 aliphatic rings. The predicted molar refractivity (Wildman–Crippen MR) is 90.7 cm³/mol. The summed E-state index contributed by atoms with van der Waals surface area (Å²) >= 11 is 4.89. The van der Waals surface area contributed by atoms with Crippen LogP contribution < -0.4 is 5.32 Å². The Morgan fingerprint density at radius 3 is 2.82 bits per heavy atom. The minimum absolute atomic E-state index is 0.109. The van der Waals surface area contributed by atoms with E-state index in [4.69, 9.17) is 0 Å². The Morgan fingerprint density at radius 2 is 2.05 bits per heavy atom. The SMILES string of the molecule is O=C(NCc1nc(-c2ccncc2)cs1)c1cccc(Br)c1. The zero-order valence-electron chi connectivity index (χ0n) is 11.5. The van der Waals surface area contributed by atoms with E-state index in [2.05, 4.69) is 31.2 Å². The number of aromatic nitrogens is 2. The first-order valence-electron chi connectivity index (χ1n) is 6.61. The van der Waals surface area contributed by atoms with Crippen LogP contribution in [-0.2, 0) is 6.54 Å². The van der Waals surface area contributed by atoms with Crippen LogP contribution in [0.2, 0.25) is 0 Å². The Bertz CT molecular complexity index is 789. The molecule has 4 nitrogen and oxygen atoms in total. The number of hydrogen-bond donors (Lipinski definition) is 1. The summed E-state index contributed by atoms with van der Waals surface area (Å²) in [6, 6.07) is 11.1. The van der Waals surface area contributed by atoms with E-state index in [1.165, 1.54) is 11.3 Å². The van der Waals surface area contributed by atoms with Gasteiger partial charge in [-0.25, -0.2) is 4.98 Å². The van der Waals surface area contributed by atoms with Gasteiger partial charge in [0.1, 0.15) is 5.01 Å². The van der Waals surface area contributed by atoms with Crippen molar-refractivity contribution in [3.8, 4) is 11.3 Å². The van der Waals surface area contributed by atoms with E-state index in [1.807, 2.05) is 29.6 Å². The van der Waals surface area contributed by atoms with Crippen LogP contribution in [-0.4, -0.2) is 15.9 Å². The molecule has 1 amide bonds. The lowest BCUT2D eigenvalue weighted by atomic mass is 10.2. The fourth-order valence-corrected chi connectivity index (χ4v) is 3.08. The van der Waals surface area contributed by atoms with Crippen LogP contribution in [0.3, 0.4) is 0 Å². The Morgan fingerprint density at radius 1 is 1.23 bits per heavy atom. The van der Waals surface area contributed by atoms with Crippen molar-refractivity contribution in [1.82, 2.24) is 15.3 Å². The number of rotatable bonds is 4. The van der Waals surface area contributed by atoms with Crippen molar-refractivity contribution < 1.29 is 4.79 Å². The van der Waals surface area contributed by atoms with Crippen LogP contribution in [0.5, 0.6) is 0 Å². The summed E-state index contributed by atoms with van der Waals surface area (Å²) in [5.41, 5.74) is 2.55. The minimum atomic E-state index is -0.109. The fourth-order valence-electron chi connectivity index (χ4n) is 1.94. The number of thiazole rings is 1. The molecule has 1 N–H and O–H groups in total. The van der Waals surface area contributed by atoms with E-state index in [9.17, 15) is 4.79 Å². The maximum atomic E-state index is 12.1. The maximum absolute atomic E-state index is 12.1. The molecule has 22 heavy (non-hydrogen) atoms. The molecule has 2 aromatic heterocycles. The standard InChI is InChI=1S/C16H12BrN3OS/c17-13-3-1-2-12(8-13)16(21)19-9-15-20-14(10-22-15)11-4-6-18-7-5-11/h1-8,10H,9H2,(H,19,21). The van der Waals surface area contributed by atoms with Gasteiger partial charge < -0.3 is 5.32 Å². The number of carbonyl (C=O) groups is 1. The molecule has 0 atom stereocenters. The molecule has 1 aromatic carbocycles. The molecule has 0 unspecified atom stereocenters. The third-order valence-corrected chi connectivity index (χ3v) is 4.36. The van der Waals surface area contributed by atoms with Gasteiger partial charge in [-0.3, -0.25) is 9.78 Å². The number of amides is 1. The predicted octanol–water partition coefficient (Wildman–Crippen LogP) is 3.90. The lowest BCUT2D eigenvalue weighted by Gasteiger charge is -2.03. The molecule has 0 aliphatic carbocycles. The van der Waals surface area contributed by atoms with Gasteiger partial charge in [0, 0.05) is 33.4 Å². The summed E-state index contributed by atoms with van der Waals surface area (Å²) < 4.78 is 0.884. The Hall–Kier alpha value is -2.05. The van der Waals surface area contributed by atoms with Gasteiger partial charge in [0.2, 0.25) is 0 Å². The summed E-state index contributed by atoms with van der Waals surface area (Å²) in [6.07, 6.45) is 3.48. The van der Waals surface area contributed by atoms with Crippen molar-refractivity contribution in [3.05, 3.63) is 69.2 Å². The summed E-state index contributed by atoms with van der Waals surface area (Å²) in [5, 5.41) is 5.74. The Kier molecular flexibility index (Phi) is 4.60. The van der Waals surface area contributed by atoms with Crippen LogP contribution >= 0.6 is 27.3 Å². The Labute approximate surface area is 140 Å². The highest BCUT2D eigenvalue weighted by atomic mass is 79.9. The minimum Gasteiger partial charge on any atom is -0.346 e. The summed E-state index contributed by atoms with van der Waals surface area (Å²) in [6.45, 7) is 0.418. The molecule has 6 heteroatoms. The van der Waals surface area contributed by atoms with Gasteiger partial charge >= 0.3 is 0 Å². The number of pyridine rings is 1. The van der Waals surface area contributed by atoms with Crippen LogP contribution in [0.4, 0.5) is 0 Å². The molecule has 0 spiro atoms. The van der Waals surface area contributed by atoms with Gasteiger partial charge in [0.05, 0.1) is 12.2 Å². The molecule has 3 rings (SSSR count). The molecule has 0 saturated carbocycles. The molecule has 3 aromatic rings.